The van der Waals surface area contributed by atoms with Crippen LogP contribution in [-0.2, 0) is 45.5 Å². The van der Waals surface area contributed by atoms with Gasteiger partial charge in [0.2, 0.25) is 15.9 Å². The maximum Gasteiger partial charge on any atom is 0.293 e. The predicted octanol–water partition coefficient (Wildman–Crippen LogP) is 5.17. The van der Waals surface area contributed by atoms with Gasteiger partial charge < -0.3 is 20.8 Å². The van der Waals surface area contributed by atoms with Crippen LogP contribution in [0.1, 0.15) is 59.2 Å². The lowest BCUT2D eigenvalue weighted by Crippen LogP contribution is -2.46. The number of nitrogens with one attached hydrogen (secondary N) is 4. The molecule has 58 heavy (non-hydrogen) atoms. The van der Waals surface area contributed by atoms with E-state index in [0.717, 1.165) is 29.3 Å². The Hall–Kier alpha value is -5.35. The van der Waals surface area contributed by atoms with E-state index in [2.05, 4.69) is 37.4 Å². The molecule has 1 amide bonds. The predicted molar refractivity (Wildman–Crippen MR) is 207 cm³/mol. The Kier molecular flexibility index (Phi) is 9.86. The van der Waals surface area contributed by atoms with Crippen LogP contribution in [0.15, 0.2) is 42.5 Å². The highest BCUT2D eigenvalue weighted by Crippen LogP contribution is 2.67. The second kappa shape index (κ2) is 14.5. The molecule has 302 valence electrons. The first-order chi connectivity index (χ1) is 27.4. The number of pyridine rings is 1. The molecular weight excluding hydrogens is 802 g/mol. The highest BCUT2D eigenvalue weighted by atomic mass is 35.5. The van der Waals surface area contributed by atoms with E-state index < -0.39 is 69.2 Å². The molecule has 19 heteroatoms. The van der Waals surface area contributed by atoms with E-state index in [1.165, 1.54) is 4.68 Å². The fraction of sp³-hybridized carbons (Fsp3) is 0.359. The third-order valence-corrected chi connectivity index (χ3v) is 11.3. The van der Waals surface area contributed by atoms with Gasteiger partial charge in [0, 0.05) is 55.0 Å². The average Bonchev–Trinajstić information content (AvgIpc) is 3.70. The number of halogens is 5. The maximum atomic E-state index is 15.5. The third kappa shape index (κ3) is 7.43. The minimum atomic E-state index is -3.79. The molecule has 1 saturated carbocycles. The quantitative estimate of drug-likeness (QED) is 0.0849. The summed E-state index contributed by atoms with van der Waals surface area (Å²) in [5.41, 5.74) is 0.804. The number of carbonyl (C=O) groups is 1. The van der Waals surface area contributed by atoms with E-state index in [4.69, 9.17) is 26.7 Å². The van der Waals surface area contributed by atoms with Crippen molar-refractivity contribution in [1.29, 1.82) is 5.41 Å². The molecule has 0 radical (unpaired) electrons. The molecule has 3 aromatic heterocycles. The molecule has 2 fully saturated rings. The molecule has 0 spiro atoms. The summed E-state index contributed by atoms with van der Waals surface area (Å²) in [6.45, 7) is 2.69. The molecule has 5 aromatic rings. The molecule has 2 aromatic carbocycles. The van der Waals surface area contributed by atoms with Crippen LogP contribution in [0.25, 0.3) is 22.0 Å². The number of sulfonamides is 1. The molecule has 13 nitrogen and oxygen atoms in total. The Morgan fingerprint density at radius 1 is 1.17 bits per heavy atom. The van der Waals surface area contributed by atoms with E-state index in [1.54, 1.807) is 31.3 Å². The Balaban J connectivity index is 1.27. The average molecular weight is 838 g/mol. The number of amides is 1. The smallest absolute Gasteiger partial charge is 0.293 e. The summed E-state index contributed by atoms with van der Waals surface area (Å²) in [6, 6.07) is 8.26. The van der Waals surface area contributed by atoms with Gasteiger partial charge in [-0.2, -0.15) is 19.0 Å². The number of hydrogen-bond donors (Lipinski definition) is 4. The first-order valence-electron chi connectivity index (χ1n) is 18.2. The van der Waals surface area contributed by atoms with Crippen molar-refractivity contribution in [3.63, 3.8) is 0 Å². The van der Waals surface area contributed by atoms with E-state index in [0.29, 0.717) is 42.4 Å². The number of fused-ring (bicyclic) bond motifs is 4. The van der Waals surface area contributed by atoms with Gasteiger partial charge in [0.25, 0.3) is 5.92 Å². The second-order valence-corrected chi connectivity index (χ2v) is 17.1. The van der Waals surface area contributed by atoms with Gasteiger partial charge in [-0.05, 0) is 67.5 Å². The molecule has 8 rings (SSSR count). The minimum Gasteiger partial charge on any atom is -0.360 e. The van der Waals surface area contributed by atoms with Gasteiger partial charge in [-0.25, -0.2) is 22.2 Å². The van der Waals surface area contributed by atoms with Crippen LogP contribution in [0.4, 0.5) is 23.4 Å². The van der Waals surface area contributed by atoms with Crippen LogP contribution in [-0.4, -0.2) is 76.6 Å². The summed E-state index contributed by atoms with van der Waals surface area (Å²) in [5.74, 6) is -1.00. The fourth-order valence-electron chi connectivity index (χ4n) is 7.96. The van der Waals surface area contributed by atoms with Gasteiger partial charge in [0.1, 0.15) is 40.9 Å². The number of ether oxygens (including phenoxy) is 1. The Morgan fingerprint density at radius 3 is 2.60 bits per heavy atom. The molecule has 3 aliphatic rings. The number of alkyl halides is 2. The Labute approximate surface area is 335 Å². The summed E-state index contributed by atoms with van der Waals surface area (Å²) in [7, 11) is -2.21. The topological polar surface area (TPSA) is 169 Å². The first-order valence-corrected chi connectivity index (χ1v) is 20.5. The highest BCUT2D eigenvalue weighted by molar-refractivity contribution is 7.92. The van der Waals surface area contributed by atoms with Gasteiger partial charge in [-0.3, -0.25) is 18.9 Å². The van der Waals surface area contributed by atoms with Crippen molar-refractivity contribution in [2.45, 2.75) is 49.8 Å². The zero-order valence-corrected chi connectivity index (χ0v) is 32.8. The monoisotopic (exact) mass is 837 g/mol. The third-order valence-electron chi connectivity index (χ3n) is 10.5. The zero-order valence-electron chi connectivity index (χ0n) is 31.3. The standard InChI is InChI=1S/C39H36ClF4N9O4S/c1-38(19-46-10-11-57-38)9-8-23-4-5-24(25-6-7-28(40)33-35(25)52(2)50-37(33)51-58(3,55)56)34(47-23)29(14-20-12-21(41)15-22(42)13-20)48-31(54)18-53-36-32(30(17-45)49-53)26-16-27(26)39(36,43)44/h4-7,12-13,15,17,26-27,29,45-46H,10-11,14,16,18-19H2,1-3H3,(H,48,54)(H,50,51)/t26-,27+,29-,38+/m0/s1. The number of rotatable bonds is 10. The van der Waals surface area contributed by atoms with E-state index in [9.17, 15) is 22.0 Å². The number of aromatic nitrogens is 5. The van der Waals surface area contributed by atoms with Crippen LogP contribution >= 0.6 is 11.6 Å². The summed E-state index contributed by atoms with van der Waals surface area (Å²) >= 11 is 6.64. The van der Waals surface area contributed by atoms with Gasteiger partial charge in [-0.1, -0.05) is 23.6 Å². The van der Waals surface area contributed by atoms with Crippen LogP contribution in [0.3, 0.4) is 0 Å². The molecule has 2 aliphatic carbocycles. The molecule has 4 heterocycles. The van der Waals surface area contributed by atoms with E-state index >= 15 is 8.78 Å². The van der Waals surface area contributed by atoms with Crippen molar-refractivity contribution in [2.24, 2.45) is 13.0 Å². The van der Waals surface area contributed by atoms with Crippen molar-refractivity contribution >= 4 is 50.5 Å². The van der Waals surface area contributed by atoms with Crippen molar-refractivity contribution in [2.75, 3.05) is 30.7 Å². The number of benzene rings is 2. The maximum absolute atomic E-state index is 15.5. The van der Waals surface area contributed by atoms with Crippen LogP contribution in [0, 0.1) is 34.8 Å². The largest absolute Gasteiger partial charge is 0.360 e. The lowest BCUT2D eigenvalue weighted by Gasteiger charge is -2.29. The second-order valence-electron chi connectivity index (χ2n) is 14.9. The highest BCUT2D eigenvalue weighted by Gasteiger charge is 2.66. The van der Waals surface area contributed by atoms with Crippen molar-refractivity contribution in [3.8, 4) is 23.0 Å². The fourth-order valence-corrected chi connectivity index (χ4v) is 8.70. The molecule has 1 aliphatic heterocycles. The lowest BCUT2D eigenvalue weighted by molar-refractivity contribution is -0.122. The van der Waals surface area contributed by atoms with E-state index in [-0.39, 0.29) is 57.3 Å². The number of carbonyl (C=O) groups excluding carboxylic acids is 1. The van der Waals surface area contributed by atoms with Crippen LogP contribution in [0.2, 0.25) is 5.02 Å². The Bertz CT molecular complexity index is 2680. The zero-order chi connectivity index (χ0) is 41.3. The number of aryl methyl sites for hydroxylation is 1. The van der Waals surface area contributed by atoms with Crippen LogP contribution in [0.5, 0.6) is 0 Å². The van der Waals surface area contributed by atoms with E-state index in [1.807, 2.05) is 6.92 Å². The summed E-state index contributed by atoms with van der Waals surface area (Å²) in [4.78, 5) is 19.0. The van der Waals surface area contributed by atoms with Crippen molar-refractivity contribution in [3.05, 3.63) is 93.0 Å². The van der Waals surface area contributed by atoms with Crippen molar-refractivity contribution < 1.29 is 35.5 Å². The lowest BCUT2D eigenvalue weighted by atomic mass is 9.93. The van der Waals surface area contributed by atoms with Gasteiger partial charge in [-0.15, -0.1) is 0 Å². The molecule has 0 unspecified atom stereocenters. The van der Waals surface area contributed by atoms with Gasteiger partial charge >= 0.3 is 0 Å². The number of hydrogen-bond acceptors (Lipinski definition) is 9. The molecule has 0 bridgehead atoms. The SMILES string of the molecule is Cn1nc(NS(C)(=O)=O)c2c(Cl)ccc(-c3ccc(C#C[C@]4(C)CNCCO4)nc3[C@H](Cc3cc(F)cc(F)c3)NC(=O)Cn3nc(C=N)c4c3C(F)(F)[C@@H]3C[C@H]43)c21. The minimum absolute atomic E-state index is 0.0382. The van der Waals surface area contributed by atoms with Crippen LogP contribution < -0.4 is 15.4 Å². The van der Waals surface area contributed by atoms with Gasteiger partial charge in [0.15, 0.2) is 5.82 Å². The van der Waals surface area contributed by atoms with Gasteiger partial charge in [0.05, 0.1) is 40.5 Å². The first kappa shape index (κ1) is 39.5. The number of nitrogens with zero attached hydrogens (tertiary/aromatic N) is 5. The molecule has 4 N–H and O–H groups in total. The summed E-state index contributed by atoms with van der Waals surface area (Å²) in [6.07, 6.45) is 1.90. The molecular formula is C39H36ClF4N9O4S. The summed E-state index contributed by atoms with van der Waals surface area (Å²) < 4.78 is 95.5. The molecule has 4 atom stereocenters. The van der Waals surface area contributed by atoms with Crippen molar-refractivity contribution in [1.82, 2.24) is 35.2 Å². The number of anilines is 1. The molecule has 1 saturated heterocycles. The summed E-state index contributed by atoms with van der Waals surface area (Å²) in [5, 5.41) is 22.9. The normalized spacial score (nSPS) is 21.1. The number of morpholine rings is 1. The Morgan fingerprint density at radius 2 is 1.91 bits per heavy atom.